The molecule has 1 aliphatic heterocycles. The third-order valence-electron chi connectivity index (χ3n) is 4.11. The molecule has 2 aromatic rings. The summed E-state index contributed by atoms with van der Waals surface area (Å²) in [5.74, 6) is -0.0407. The van der Waals surface area contributed by atoms with Crippen molar-refractivity contribution in [1.29, 1.82) is 0 Å². The zero-order valence-electron chi connectivity index (χ0n) is 12.7. The molecule has 1 saturated heterocycles. The van der Waals surface area contributed by atoms with Gasteiger partial charge in [-0.05, 0) is 37.3 Å². The predicted molar refractivity (Wildman–Crippen MR) is 85.1 cm³/mol. The Labute approximate surface area is 133 Å². The molecule has 22 heavy (non-hydrogen) atoms. The number of piperidine rings is 1. The number of β-amino-alcohol motifs (C(OH)–C–C–N with tert-alkyl or cyclic N) is 1. The second kappa shape index (κ2) is 6.14. The maximum atomic E-state index is 12.4. The summed E-state index contributed by atoms with van der Waals surface area (Å²) in [6.07, 6.45) is 3.33. The van der Waals surface area contributed by atoms with E-state index >= 15 is 0 Å². The molecule has 1 fully saturated rings. The van der Waals surface area contributed by atoms with Crippen molar-refractivity contribution in [3.63, 3.8) is 0 Å². The zero-order chi connectivity index (χ0) is 15.7. The van der Waals surface area contributed by atoms with Crippen LogP contribution >= 0.6 is 11.3 Å². The Morgan fingerprint density at radius 3 is 2.77 bits per heavy atom. The number of amides is 1. The highest BCUT2D eigenvalue weighted by Crippen LogP contribution is 2.34. The van der Waals surface area contributed by atoms with E-state index in [2.05, 4.69) is 28.3 Å². The van der Waals surface area contributed by atoms with Crippen molar-refractivity contribution in [3.05, 3.63) is 45.7 Å². The Bertz CT molecular complexity index is 668. The van der Waals surface area contributed by atoms with Crippen LogP contribution in [0.15, 0.2) is 23.8 Å². The summed E-state index contributed by atoms with van der Waals surface area (Å²) in [6, 6.07) is 2.08. The van der Waals surface area contributed by atoms with E-state index in [1.165, 1.54) is 16.6 Å². The fraction of sp³-hybridized carbons (Fsp3) is 0.438. The molecule has 1 N–H and O–H groups in total. The predicted octanol–water partition coefficient (Wildman–Crippen LogP) is 2.15. The van der Waals surface area contributed by atoms with Crippen molar-refractivity contribution < 1.29 is 9.90 Å². The van der Waals surface area contributed by atoms with E-state index in [4.69, 9.17) is 0 Å². The first-order chi connectivity index (χ1) is 10.6. The summed E-state index contributed by atoms with van der Waals surface area (Å²) in [5.41, 5.74) is 2.34. The van der Waals surface area contributed by atoms with Crippen LogP contribution in [-0.2, 0) is 0 Å². The minimum atomic E-state index is -0.534. The SMILES string of the molecule is Cc1cnc(C(=O)N2CC[C@@H](c3sccc3C)[C@H](O)C2)cn1. The third kappa shape index (κ3) is 2.89. The van der Waals surface area contributed by atoms with E-state index in [0.717, 1.165) is 12.1 Å². The number of carbonyl (C=O) groups excluding carboxylic acids is 1. The topological polar surface area (TPSA) is 66.3 Å². The number of aryl methyl sites for hydroxylation is 2. The number of thiophene rings is 1. The summed E-state index contributed by atoms with van der Waals surface area (Å²) in [5, 5.41) is 12.5. The first-order valence-electron chi connectivity index (χ1n) is 7.36. The van der Waals surface area contributed by atoms with Gasteiger partial charge in [-0.2, -0.15) is 0 Å². The molecule has 3 heterocycles. The molecule has 116 valence electrons. The second-order valence-corrected chi connectivity index (χ2v) is 6.67. The number of hydrogen-bond donors (Lipinski definition) is 1. The molecule has 3 rings (SSSR count). The summed E-state index contributed by atoms with van der Waals surface area (Å²) in [4.78, 5) is 23.6. The standard InChI is InChI=1S/C16H19N3O2S/c1-10-4-6-22-15(10)12-3-5-19(9-14(12)20)16(21)13-8-17-11(2)7-18-13/h4,6-8,12,14,20H,3,5,9H2,1-2H3/t12-,14-/m1/s1. The lowest BCUT2D eigenvalue weighted by Crippen LogP contribution is -2.45. The van der Waals surface area contributed by atoms with Gasteiger partial charge < -0.3 is 10.0 Å². The van der Waals surface area contributed by atoms with Crippen molar-refractivity contribution in [1.82, 2.24) is 14.9 Å². The van der Waals surface area contributed by atoms with Crippen LogP contribution in [0.5, 0.6) is 0 Å². The van der Waals surface area contributed by atoms with Crippen molar-refractivity contribution in [2.45, 2.75) is 32.3 Å². The quantitative estimate of drug-likeness (QED) is 0.921. The van der Waals surface area contributed by atoms with Crippen LogP contribution in [0.1, 0.15) is 39.0 Å². The van der Waals surface area contributed by atoms with E-state index in [1.807, 2.05) is 6.92 Å². The zero-order valence-corrected chi connectivity index (χ0v) is 13.5. The van der Waals surface area contributed by atoms with Crippen LogP contribution in [0, 0.1) is 13.8 Å². The van der Waals surface area contributed by atoms with Crippen LogP contribution < -0.4 is 0 Å². The lowest BCUT2D eigenvalue weighted by Gasteiger charge is -2.35. The van der Waals surface area contributed by atoms with Gasteiger partial charge >= 0.3 is 0 Å². The molecule has 0 aromatic carbocycles. The summed E-state index contributed by atoms with van der Waals surface area (Å²) < 4.78 is 0. The summed E-state index contributed by atoms with van der Waals surface area (Å²) in [6.45, 7) is 4.88. The normalized spacial score (nSPS) is 21.9. The molecule has 1 aliphatic rings. The Hall–Kier alpha value is -1.79. The van der Waals surface area contributed by atoms with Gasteiger partial charge in [-0.1, -0.05) is 0 Å². The number of aliphatic hydroxyl groups excluding tert-OH is 1. The maximum absolute atomic E-state index is 12.4. The molecular weight excluding hydrogens is 298 g/mol. The maximum Gasteiger partial charge on any atom is 0.274 e. The number of hydrogen-bond acceptors (Lipinski definition) is 5. The Morgan fingerprint density at radius 1 is 1.36 bits per heavy atom. The summed E-state index contributed by atoms with van der Waals surface area (Å²) in [7, 11) is 0. The Balaban J connectivity index is 1.71. The highest BCUT2D eigenvalue weighted by molar-refractivity contribution is 7.10. The minimum absolute atomic E-state index is 0.119. The molecule has 2 aromatic heterocycles. The number of aliphatic hydroxyl groups is 1. The Morgan fingerprint density at radius 2 is 2.18 bits per heavy atom. The first-order valence-corrected chi connectivity index (χ1v) is 8.24. The lowest BCUT2D eigenvalue weighted by atomic mass is 9.90. The van der Waals surface area contributed by atoms with E-state index in [-0.39, 0.29) is 11.8 Å². The van der Waals surface area contributed by atoms with Gasteiger partial charge in [0.15, 0.2) is 0 Å². The largest absolute Gasteiger partial charge is 0.391 e. The van der Waals surface area contributed by atoms with Gasteiger partial charge in [0, 0.05) is 30.1 Å². The van der Waals surface area contributed by atoms with Gasteiger partial charge in [-0.3, -0.25) is 9.78 Å². The van der Waals surface area contributed by atoms with Gasteiger partial charge in [-0.15, -0.1) is 11.3 Å². The van der Waals surface area contributed by atoms with E-state index in [9.17, 15) is 9.90 Å². The molecule has 6 heteroatoms. The molecule has 2 atom stereocenters. The van der Waals surface area contributed by atoms with Gasteiger partial charge in [0.05, 0.1) is 18.0 Å². The number of carbonyl (C=O) groups is 1. The van der Waals surface area contributed by atoms with Crippen LogP contribution in [0.3, 0.4) is 0 Å². The molecule has 0 saturated carbocycles. The molecule has 0 radical (unpaired) electrons. The minimum Gasteiger partial charge on any atom is -0.391 e. The number of nitrogens with zero attached hydrogens (tertiary/aromatic N) is 3. The number of likely N-dealkylation sites (tertiary alicyclic amines) is 1. The monoisotopic (exact) mass is 317 g/mol. The molecule has 0 unspecified atom stereocenters. The highest BCUT2D eigenvalue weighted by Gasteiger charge is 2.33. The molecule has 0 aliphatic carbocycles. The second-order valence-electron chi connectivity index (χ2n) is 5.72. The van der Waals surface area contributed by atoms with Crippen LogP contribution in [0.25, 0.3) is 0 Å². The third-order valence-corrected chi connectivity index (χ3v) is 5.26. The van der Waals surface area contributed by atoms with Crippen LogP contribution in [0.4, 0.5) is 0 Å². The summed E-state index contributed by atoms with van der Waals surface area (Å²) >= 11 is 1.68. The van der Waals surface area contributed by atoms with Crippen molar-refractivity contribution in [3.8, 4) is 0 Å². The number of aromatic nitrogens is 2. The average molecular weight is 317 g/mol. The molecule has 0 bridgehead atoms. The van der Waals surface area contributed by atoms with Gasteiger partial charge in [-0.25, -0.2) is 4.98 Å². The van der Waals surface area contributed by atoms with E-state index in [1.54, 1.807) is 22.4 Å². The van der Waals surface area contributed by atoms with Crippen LogP contribution in [0.2, 0.25) is 0 Å². The molecule has 5 nitrogen and oxygen atoms in total. The number of rotatable bonds is 2. The highest BCUT2D eigenvalue weighted by atomic mass is 32.1. The molecular formula is C16H19N3O2S. The van der Waals surface area contributed by atoms with Crippen molar-refractivity contribution >= 4 is 17.2 Å². The first kappa shape index (κ1) is 15.1. The van der Waals surface area contributed by atoms with Gasteiger partial charge in [0.2, 0.25) is 0 Å². The van der Waals surface area contributed by atoms with E-state index in [0.29, 0.717) is 18.8 Å². The van der Waals surface area contributed by atoms with E-state index < -0.39 is 6.10 Å². The molecule has 0 spiro atoms. The smallest absolute Gasteiger partial charge is 0.274 e. The van der Waals surface area contributed by atoms with Gasteiger partial charge in [0.1, 0.15) is 5.69 Å². The fourth-order valence-electron chi connectivity index (χ4n) is 2.85. The van der Waals surface area contributed by atoms with Crippen molar-refractivity contribution in [2.75, 3.05) is 13.1 Å². The fourth-order valence-corrected chi connectivity index (χ4v) is 3.97. The van der Waals surface area contributed by atoms with Crippen molar-refractivity contribution in [2.24, 2.45) is 0 Å². The average Bonchev–Trinajstić information content (AvgIpc) is 2.93. The Kier molecular flexibility index (Phi) is 4.22. The van der Waals surface area contributed by atoms with Gasteiger partial charge in [0.25, 0.3) is 5.91 Å². The van der Waals surface area contributed by atoms with Crippen LogP contribution in [-0.4, -0.2) is 45.1 Å². The molecule has 1 amide bonds. The lowest BCUT2D eigenvalue weighted by molar-refractivity contribution is 0.0382.